The molecule has 1 saturated heterocycles. The van der Waals surface area contributed by atoms with Crippen LogP contribution in [0, 0.1) is 0 Å². The van der Waals surface area contributed by atoms with Crippen molar-refractivity contribution in [2.75, 3.05) is 26.2 Å². The Morgan fingerprint density at radius 2 is 1.70 bits per heavy atom. The lowest BCUT2D eigenvalue weighted by molar-refractivity contribution is 0.101. The number of nitrogens with zero attached hydrogens (tertiary/aromatic N) is 3. The first kappa shape index (κ1) is 19.7. The van der Waals surface area contributed by atoms with Crippen molar-refractivity contribution in [1.29, 1.82) is 0 Å². The Morgan fingerprint density at radius 1 is 1.04 bits per heavy atom. The molecule has 27 heavy (non-hydrogen) atoms. The minimum absolute atomic E-state index is 0.0204. The minimum atomic E-state index is -3.82. The molecule has 0 amide bonds. The Kier molecular flexibility index (Phi) is 5.47. The summed E-state index contributed by atoms with van der Waals surface area (Å²) < 4.78 is 53.6. The third-order valence-electron chi connectivity index (χ3n) is 4.38. The van der Waals surface area contributed by atoms with Crippen LogP contribution in [0.3, 0.4) is 0 Å². The van der Waals surface area contributed by atoms with Crippen LogP contribution in [0.1, 0.15) is 23.7 Å². The predicted molar refractivity (Wildman–Crippen MR) is 97.2 cm³/mol. The summed E-state index contributed by atoms with van der Waals surface area (Å²) in [6, 6.07) is 5.87. The fraction of sp³-hybridized carbons (Fsp3) is 0.375. The fourth-order valence-corrected chi connectivity index (χ4v) is 5.78. The summed E-state index contributed by atoms with van der Waals surface area (Å²) >= 11 is 0. The quantitative estimate of drug-likeness (QED) is 0.722. The first-order valence-corrected chi connectivity index (χ1v) is 11.2. The zero-order chi connectivity index (χ0) is 19.7. The summed E-state index contributed by atoms with van der Waals surface area (Å²) in [5.41, 5.74) is 0.314. The van der Waals surface area contributed by atoms with Crippen LogP contribution >= 0.6 is 0 Å². The third-order valence-corrected chi connectivity index (χ3v) is 8.10. The second kappa shape index (κ2) is 7.50. The molecule has 0 radical (unpaired) electrons. The van der Waals surface area contributed by atoms with Gasteiger partial charge in [-0.05, 0) is 25.5 Å². The number of ketones is 1. The van der Waals surface area contributed by atoms with Crippen molar-refractivity contribution in [3.05, 3.63) is 42.4 Å². The Labute approximate surface area is 158 Å². The number of aromatic amines is 1. The van der Waals surface area contributed by atoms with Crippen LogP contribution in [0.25, 0.3) is 0 Å². The summed E-state index contributed by atoms with van der Waals surface area (Å²) in [5.74, 6) is -0.222. The van der Waals surface area contributed by atoms with Crippen molar-refractivity contribution in [1.82, 2.24) is 18.6 Å². The van der Waals surface area contributed by atoms with E-state index in [1.165, 1.54) is 46.3 Å². The number of H-pyrrole nitrogens is 1. The van der Waals surface area contributed by atoms with E-state index in [0.717, 1.165) is 0 Å². The number of carbonyl (C=O) groups excluding carboxylic acids is 1. The van der Waals surface area contributed by atoms with Crippen molar-refractivity contribution >= 4 is 25.8 Å². The van der Waals surface area contributed by atoms with Gasteiger partial charge in [-0.25, -0.2) is 21.8 Å². The molecule has 1 fully saturated rings. The Morgan fingerprint density at radius 3 is 2.30 bits per heavy atom. The number of rotatable bonds is 5. The molecular weight excluding hydrogens is 392 g/mol. The highest BCUT2D eigenvalue weighted by atomic mass is 32.2. The van der Waals surface area contributed by atoms with E-state index < -0.39 is 20.0 Å². The number of imidazole rings is 1. The zero-order valence-corrected chi connectivity index (χ0v) is 16.3. The van der Waals surface area contributed by atoms with Gasteiger partial charge in [0, 0.05) is 31.7 Å². The zero-order valence-electron chi connectivity index (χ0n) is 14.7. The average molecular weight is 412 g/mol. The molecule has 1 aliphatic heterocycles. The van der Waals surface area contributed by atoms with E-state index in [1.54, 1.807) is 6.07 Å². The molecule has 146 valence electrons. The van der Waals surface area contributed by atoms with Gasteiger partial charge < -0.3 is 4.98 Å². The van der Waals surface area contributed by atoms with Crippen LogP contribution in [0.2, 0.25) is 0 Å². The monoisotopic (exact) mass is 412 g/mol. The molecule has 0 atom stereocenters. The van der Waals surface area contributed by atoms with E-state index in [9.17, 15) is 21.6 Å². The van der Waals surface area contributed by atoms with Crippen LogP contribution in [0.4, 0.5) is 0 Å². The molecule has 1 N–H and O–H groups in total. The van der Waals surface area contributed by atoms with Gasteiger partial charge >= 0.3 is 0 Å². The van der Waals surface area contributed by atoms with Gasteiger partial charge in [0.15, 0.2) is 10.8 Å². The Hall–Kier alpha value is -2.08. The molecule has 0 spiro atoms. The van der Waals surface area contributed by atoms with Gasteiger partial charge in [-0.3, -0.25) is 4.79 Å². The van der Waals surface area contributed by atoms with E-state index in [1.807, 2.05) is 0 Å². The predicted octanol–water partition coefficient (Wildman–Crippen LogP) is 0.698. The maximum atomic E-state index is 12.9. The molecule has 9 nitrogen and oxygen atoms in total. The number of aromatic nitrogens is 2. The number of benzene rings is 1. The fourth-order valence-electron chi connectivity index (χ4n) is 2.90. The topological polar surface area (TPSA) is 121 Å². The molecule has 1 aromatic heterocycles. The number of hydrogen-bond acceptors (Lipinski definition) is 6. The van der Waals surface area contributed by atoms with Crippen molar-refractivity contribution in [2.45, 2.75) is 23.3 Å². The molecular formula is C16H20N4O5S2. The van der Waals surface area contributed by atoms with Crippen molar-refractivity contribution < 1.29 is 21.6 Å². The minimum Gasteiger partial charge on any atom is -0.335 e. The van der Waals surface area contributed by atoms with Gasteiger partial charge in [0.05, 0.1) is 17.4 Å². The maximum absolute atomic E-state index is 12.9. The normalized spacial score (nSPS) is 17.5. The average Bonchev–Trinajstić information content (AvgIpc) is 3.06. The second-order valence-electron chi connectivity index (χ2n) is 6.16. The van der Waals surface area contributed by atoms with Gasteiger partial charge in [-0.15, -0.1) is 0 Å². The van der Waals surface area contributed by atoms with Gasteiger partial charge in [-0.2, -0.15) is 8.61 Å². The number of sulfonamides is 2. The Balaban J connectivity index is 1.81. The highest BCUT2D eigenvalue weighted by molar-refractivity contribution is 7.89. The molecule has 1 aliphatic rings. The lowest BCUT2D eigenvalue weighted by atomic mass is 10.2. The third kappa shape index (κ3) is 3.95. The summed E-state index contributed by atoms with van der Waals surface area (Å²) in [6.07, 6.45) is 2.87. The van der Waals surface area contributed by atoms with Gasteiger partial charge in [0.1, 0.15) is 0 Å². The molecule has 11 heteroatoms. The van der Waals surface area contributed by atoms with E-state index in [-0.39, 0.29) is 41.9 Å². The number of nitrogens with one attached hydrogen (secondary N) is 1. The molecule has 3 rings (SSSR count). The van der Waals surface area contributed by atoms with Crippen LogP contribution < -0.4 is 0 Å². The SMILES string of the molecule is CC(=O)c1cccc(S(=O)(=O)N2CCCN(S(=O)(=O)c3cnc[nH]3)CC2)c1. The second-order valence-corrected chi connectivity index (χ2v) is 10.0. The molecule has 0 unspecified atom stereocenters. The van der Waals surface area contributed by atoms with Crippen molar-refractivity contribution in [3.8, 4) is 0 Å². The van der Waals surface area contributed by atoms with Crippen molar-refractivity contribution in [3.63, 3.8) is 0 Å². The van der Waals surface area contributed by atoms with E-state index >= 15 is 0 Å². The van der Waals surface area contributed by atoms with Crippen LogP contribution in [0.15, 0.2) is 46.7 Å². The van der Waals surface area contributed by atoms with E-state index in [4.69, 9.17) is 0 Å². The molecule has 0 saturated carbocycles. The van der Waals surface area contributed by atoms with Gasteiger partial charge in [0.2, 0.25) is 10.0 Å². The van der Waals surface area contributed by atoms with E-state index in [0.29, 0.717) is 12.0 Å². The first-order chi connectivity index (χ1) is 12.7. The van der Waals surface area contributed by atoms with Gasteiger partial charge in [-0.1, -0.05) is 12.1 Å². The van der Waals surface area contributed by atoms with Crippen molar-refractivity contribution in [2.24, 2.45) is 0 Å². The van der Waals surface area contributed by atoms with E-state index in [2.05, 4.69) is 9.97 Å². The van der Waals surface area contributed by atoms with Gasteiger partial charge in [0.25, 0.3) is 10.0 Å². The number of Topliss-reactive ketones (excluding diaryl/α,β-unsaturated/α-hetero) is 1. The highest BCUT2D eigenvalue weighted by Crippen LogP contribution is 2.21. The summed E-state index contributed by atoms with van der Waals surface area (Å²) in [6.45, 7) is 1.84. The standard InChI is InChI=1S/C16H20N4O5S2/c1-13(21)14-4-2-5-15(10-14)26(22,23)19-6-3-7-20(9-8-19)27(24,25)16-11-17-12-18-16/h2,4-5,10-12H,3,6-9H2,1H3,(H,17,18). The van der Waals surface area contributed by atoms with Crippen LogP contribution in [0.5, 0.6) is 0 Å². The Bertz CT molecular complexity index is 1030. The number of carbonyl (C=O) groups is 1. The lowest BCUT2D eigenvalue weighted by Gasteiger charge is -2.21. The molecule has 1 aromatic carbocycles. The number of hydrogen-bond donors (Lipinski definition) is 1. The molecule has 2 aromatic rings. The smallest absolute Gasteiger partial charge is 0.260 e. The maximum Gasteiger partial charge on any atom is 0.260 e. The molecule has 0 bridgehead atoms. The lowest BCUT2D eigenvalue weighted by Crippen LogP contribution is -2.37. The highest BCUT2D eigenvalue weighted by Gasteiger charge is 2.32. The molecule has 2 heterocycles. The first-order valence-electron chi connectivity index (χ1n) is 8.32. The molecule has 0 aliphatic carbocycles. The van der Waals surface area contributed by atoms with Crippen LogP contribution in [-0.2, 0) is 20.0 Å². The summed E-state index contributed by atoms with van der Waals surface area (Å²) in [4.78, 5) is 17.9. The summed E-state index contributed by atoms with van der Waals surface area (Å²) in [5, 5.41) is -0.0204. The van der Waals surface area contributed by atoms with Crippen LogP contribution in [-0.4, -0.2) is 67.4 Å². The largest absolute Gasteiger partial charge is 0.335 e. The summed E-state index contributed by atoms with van der Waals surface area (Å²) in [7, 11) is -7.57.